The molecule has 0 spiro atoms. The van der Waals surface area contributed by atoms with E-state index in [-0.39, 0.29) is 29.0 Å². The molecule has 3 aromatic rings. The zero-order chi connectivity index (χ0) is 21.3. The second-order valence-corrected chi connectivity index (χ2v) is 10.5. The molecule has 4 rings (SSSR count). The Morgan fingerprint density at radius 1 is 1.23 bits per heavy atom. The van der Waals surface area contributed by atoms with Crippen LogP contribution in [0.1, 0.15) is 28.7 Å². The lowest BCUT2D eigenvalue weighted by atomic mass is 10.1. The van der Waals surface area contributed by atoms with Crippen molar-refractivity contribution >= 4 is 27.3 Å². The largest absolute Gasteiger partial charge is 0.508 e. The fraction of sp³-hybridized carbons (Fsp3) is 0.286. The number of aromatic hydroxyl groups is 1. The maximum absolute atomic E-state index is 13.5. The summed E-state index contributed by atoms with van der Waals surface area (Å²) in [6.45, 7) is 2.81. The van der Waals surface area contributed by atoms with Gasteiger partial charge in [-0.2, -0.15) is 4.31 Å². The van der Waals surface area contributed by atoms with Crippen LogP contribution < -0.4 is 0 Å². The van der Waals surface area contributed by atoms with E-state index in [9.17, 15) is 18.3 Å². The van der Waals surface area contributed by atoms with E-state index in [0.29, 0.717) is 25.3 Å². The summed E-state index contributed by atoms with van der Waals surface area (Å²) in [4.78, 5) is 14.4. The van der Waals surface area contributed by atoms with Gasteiger partial charge in [0.1, 0.15) is 15.7 Å². The molecule has 0 aliphatic carbocycles. The van der Waals surface area contributed by atoms with Gasteiger partial charge in [-0.1, -0.05) is 12.1 Å². The first-order valence-electron chi connectivity index (χ1n) is 9.50. The smallest absolute Gasteiger partial charge is 0.253 e. The minimum atomic E-state index is -3.79. The first-order chi connectivity index (χ1) is 14.3. The van der Waals surface area contributed by atoms with Crippen LogP contribution in [0, 0.1) is 0 Å². The highest BCUT2D eigenvalue weighted by molar-refractivity contribution is 7.91. The number of hydrogen-bond donors (Lipinski definition) is 1. The molecule has 7 nitrogen and oxygen atoms in total. The van der Waals surface area contributed by atoms with E-state index in [1.807, 2.05) is 0 Å². The van der Waals surface area contributed by atoms with Crippen LogP contribution in [0.5, 0.6) is 5.75 Å². The van der Waals surface area contributed by atoms with Crippen LogP contribution in [-0.2, 0) is 40.9 Å². The Hall–Kier alpha value is -2.62. The number of hydrogen-bond acceptors (Lipinski definition) is 6. The van der Waals surface area contributed by atoms with E-state index in [1.165, 1.54) is 41.0 Å². The van der Waals surface area contributed by atoms with Gasteiger partial charge in [0.05, 0.1) is 12.8 Å². The number of furan rings is 1. The van der Waals surface area contributed by atoms with Gasteiger partial charge < -0.3 is 14.4 Å². The summed E-state index contributed by atoms with van der Waals surface area (Å²) in [6.07, 6.45) is 2.17. The number of rotatable bonds is 6. The second kappa shape index (κ2) is 8.25. The van der Waals surface area contributed by atoms with E-state index in [1.54, 1.807) is 35.2 Å². The third kappa shape index (κ3) is 4.28. The summed E-state index contributed by atoms with van der Waals surface area (Å²) in [5.74, 6) is 0.657. The van der Waals surface area contributed by atoms with Crippen molar-refractivity contribution in [1.29, 1.82) is 0 Å². The van der Waals surface area contributed by atoms with Crippen molar-refractivity contribution in [2.24, 2.45) is 0 Å². The molecular formula is C21H22N2O5S2. The lowest BCUT2D eigenvalue weighted by molar-refractivity contribution is -0.129. The van der Waals surface area contributed by atoms with Gasteiger partial charge >= 0.3 is 0 Å². The van der Waals surface area contributed by atoms with Crippen molar-refractivity contribution in [3.05, 3.63) is 70.5 Å². The predicted molar refractivity (Wildman–Crippen MR) is 112 cm³/mol. The predicted octanol–water partition coefficient (Wildman–Crippen LogP) is 3.34. The molecule has 158 valence electrons. The summed E-state index contributed by atoms with van der Waals surface area (Å²) in [6, 6.07) is 11.6. The van der Waals surface area contributed by atoms with Crippen LogP contribution in [0.4, 0.5) is 0 Å². The minimum Gasteiger partial charge on any atom is -0.508 e. The Labute approximate surface area is 179 Å². The third-order valence-corrected chi connectivity index (χ3v) is 8.57. The lowest BCUT2D eigenvalue weighted by Crippen LogP contribution is -2.33. The molecular weight excluding hydrogens is 424 g/mol. The number of amides is 1. The van der Waals surface area contributed by atoms with Crippen LogP contribution >= 0.6 is 11.3 Å². The summed E-state index contributed by atoms with van der Waals surface area (Å²) in [5.41, 5.74) is 1.65. The van der Waals surface area contributed by atoms with Crippen molar-refractivity contribution in [3.63, 3.8) is 0 Å². The molecule has 1 amide bonds. The van der Waals surface area contributed by atoms with E-state index in [2.05, 4.69) is 0 Å². The van der Waals surface area contributed by atoms with Crippen molar-refractivity contribution in [3.8, 4) is 5.75 Å². The van der Waals surface area contributed by atoms with Gasteiger partial charge in [0.15, 0.2) is 0 Å². The van der Waals surface area contributed by atoms with Gasteiger partial charge in [0.2, 0.25) is 5.91 Å². The van der Waals surface area contributed by atoms with Crippen molar-refractivity contribution in [2.45, 2.75) is 37.2 Å². The SMILES string of the molecule is CC(=O)N1CCc2sc(S(=O)(=O)N(Cc3ccc(O)cc3)Cc3ccco3)cc2C1. The molecule has 2 aromatic heterocycles. The molecule has 0 saturated carbocycles. The van der Waals surface area contributed by atoms with Gasteiger partial charge in [-0.3, -0.25) is 4.79 Å². The molecule has 0 fully saturated rings. The number of carbonyl (C=O) groups is 1. The molecule has 9 heteroatoms. The molecule has 0 saturated heterocycles. The monoisotopic (exact) mass is 446 g/mol. The first-order valence-corrected chi connectivity index (χ1v) is 11.8. The summed E-state index contributed by atoms with van der Waals surface area (Å²) >= 11 is 1.27. The van der Waals surface area contributed by atoms with Gasteiger partial charge in [-0.05, 0) is 47.9 Å². The Kier molecular flexibility index (Phi) is 5.68. The highest BCUT2D eigenvalue weighted by Crippen LogP contribution is 2.34. The van der Waals surface area contributed by atoms with Crippen LogP contribution in [0.25, 0.3) is 0 Å². The van der Waals surface area contributed by atoms with Crippen molar-refractivity contribution in [2.75, 3.05) is 6.54 Å². The van der Waals surface area contributed by atoms with Crippen LogP contribution in [0.15, 0.2) is 57.4 Å². The number of benzene rings is 1. The molecule has 0 atom stereocenters. The average molecular weight is 447 g/mol. The standard InChI is InChI=1S/C21H22N2O5S2/c1-15(24)22-9-8-20-17(13-22)11-21(29-20)30(26,27)23(14-19-3-2-10-28-19)12-16-4-6-18(25)7-5-16/h2-7,10-11,25H,8-9,12-14H2,1H3. The number of carbonyl (C=O) groups excluding carboxylic acids is 1. The molecule has 0 bridgehead atoms. The maximum Gasteiger partial charge on any atom is 0.253 e. The molecule has 0 radical (unpaired) electrons. The highest BCUT2D eigenvalue weighted by atomic mass is 32.2. The zero-order valence-corrected chi connectivity index (χ0v) is 18.1. The normalized spacial score (nSPS) is 14.1. The molecule has 30 heavy (non-hydrogen) atoms. The van der Waals surface area contributed by atoms with Crippen molar-refractivity contribution < 1.29 is 22.7 Å². The number of phenols is 1. The Bertz CT molecular complexity index is 1130. The molecule has 0 unspecified atom stereocenters. The van der Waals surface area contributed by atoms with Crippen LogP contribution in [0.2, 0.25) is 0 Å². The Morgan fingerprint density at radius 2 is 2.00 bits per heavy atom. The van der Waals surface area contributed by atoms with Gasteiger partial charge in [0.25, 0.3) is 10.0 Å². The first kappa shape index (κ1) is 20.6. The summed E-state index contributed by atoms with van der Waals surface area (Å²) in [7, 11) is -3.79. The van der Waals surface area contributed by atoms with E-state index in [0.717, 1.165) is 16.0 Å². The molecule has 1 aromatic carbocycles. The van der Waals surface area contributed by atoms with E-state index >= 15 is 0 Å². The number of phenolic OH excluding ortho intramolecular Hbond substituents is 1. The average Bonchev–Trinajstić information content (AvgIpc) is 3.38. The number of fused-ring (bicyclic) bond motifs is 1. The third-order valence-electron chi connectivity index (χ3n) is 5.09. The molecule has 1 N–H and O–H groups in total. The fourth-order valence-corrected chi connectivity index (χ4v) is 6.53. The summed E-state index contributed by atoms with van der Waals surface area (Å²) in [5, 5.41) is 9.52. The van der Waals surface area contributed by atoms with Crippen LogP contribution in [-0.4, -0.2) is 35.2 Å². The topological polar surface area (TPSA) is 91.1 Å². The number of thiophene rings is 1. The van der Waals surface area contributed by atoms with Crippen molar-refractivity contribution in [1.82, 2.24) is 9.21 Å². The molecule has 1 aliphatic heterocycles. The maximum atomic E-state index is 13.5. The number of sulfonamides is 1. The van der Waals surface area contributed by atoms with E-state index < -0.39 is 10.0 Å². The van der Waals surface area contributed by atoms with Crippen LogP contribution in [0.3, 0.4) is 0 Å². The Balaban J connectivity index is 1.65. The minimum absolute atomic E-state index is 0.0111. The number of nitrogens with zero attached hydrogens (tertiary/aromatic N) is 2. The summed E-state index contributed by atoms with van der Waals surface area (Å²) < 4.78 is 34.1. The second-order valence-electron chi connectivity index (χ2n) is 7.22. The van der Waals surface area contributed by atoms with Gasteiger partial charge in [-0.15, -0.1) is 11.3 Å². The van der Waals surface area contributed by atoms with E-state index in [4.69, 9.17) is 4.42 Å². The van der Waals surface area contributed by atoms with Gasteiger partial charge in [0, 0.05) is 31.4 Å². The highest BCUT2D eigenvalue weighted by Gasteiger charge is 2.30. The molecule has 1 aliphatic rings. The Morgan fingerprint density at radius 3 is 2.67 bits per heavy atom. The molecule has 3 heterocycles. The quantitative estimate of drug-likeness (QED) is 0.627. The fourth-order valence-electron chi connectivity index (χ4n) is 3.44. The lowest BCUT2D eigenvalue weighted by Gasteiger charge is -2.25. The van der Waals surface area contributed by atoms with Gasteiger partial charge in [-0.25, -0.2) is 8.42 Å². The zero-order valence-electron chi connectivity index (χ0n) is 16.4.